The Morgan fingerprint density at radius 2 is 2.05 bits per heavy atom. The molecule has 0 radical (unpaired) electrons. The molecule has 1 aromatic rings. The normalized spacial score (nSPS) is 17.2. The number of piperazine rings is 1. The highest BCUT2D eigenvalue weighted by Gasteiger charge is 2.32. The van der Waals surface area contributed by atoms with Gasteiger partial charge in [0.15, 0.2) is 0 Å². The van der Waals surface area contributed by atoms with E-state index in [4.69, 9.17) is 18.0 Å². The van der Waals surface area contributed by atoms with Gasteiger partial charge in [0.2, 0.25) is 0 Å². The van der Waals surface area contributed by atoms with Crippen molar-refractivity contribution in [2.24, 2.45) is 5.73 Å². The molecule has 1 aromatic heterocycles. The summed E-state index contributed by atoms with van der Waals surface area (Å²) in [6.45, 7) is 7.28. The van der Waals surface area contributed by atoms with Gasteiger partial charge in [-0.1, -0.05) is 12.2 Å². The minimum absolute atomic E-state index is 0.166. The van der Waals surface area contributed by atoms with Crippen LogP contribution in [-0.4, -0.2) is 51.6 Å². The number of aromatic nitrogens is 2. The standard InChI is InChI=1S/C12H18BrN5OS/c1-12(2,11(14)20)18-5-3-17(4-6-18)9-8(13)10(19)16-7-15-9/h7H,3-6H2,1-2H3,(H2,14,20)(H,15,16,19). The second-order valence-electron chi connectivity index (χ2n) is 5.27. The number of halogens is 1. The van der Waals surface area contributed by atoms with Crippen molar-refractivity contribution in [2.45, 2.75) is 19.4 Å². The van der Waals surface area contributed by atoms with Gasteiger partial charge in [-0.2, -0.15) is 0 Å². The third-order valence-corrected chi connectivity index (χ3v) is 4.97. The van der Waals surface area contributed by atoms with Crippen molar-refractivity contribution in [1.82, 2.24) is 14.9 Å². The number of hydrogen-bond donors (Lipinski definition) is 2. The monoisotopic (exact) mass is 359 g/mol. The van der Waals surface area contributed by atoms with Gasteiger partial charge in [0.25, 0.3) is 5.56 Å². The second kappa shape index (κ2) is 5.79. The first-order chi connectivity index (χ1) is 9.34. The van der Waals surface area contributed by atoms with Crippen molar-refractivity contribution in [3.63, 3.8) is 0 Å². The van der Waals surface area contributed by atoms with Gasteiger partial charge in [0.05, 0.1) is 16.9 Å². The van der Waals surface area contributed by atoms with E-state index >= 15 is 0 Å². The van der Waals surface area contributed by atoms with Crippen LogP contribution in [0.1, 0.15) is 13.8 Å². The third kappa shape index (κ3) is 2.87. The number of H-pyrrole nitrogens is 1. The summed E-state index contributed by atoms with van der Waals surface area (Å²) in [6.07, 6.45) is 1.42. The molecule has 1 aliphatic heterocycles. The Balaban J connectivity index is 2.10. The Morgan fingerprint density at radius 3 is 2.60 bits per heavy atom. The fourth-order valence-electron chi connectivity index (χ4n) is 2.23. The molecule has 0 atom stereocenters. The zero-order valence-corrected chi connectivity index (χ0v) is 13.9. The average Bonchev–Trinajstić information content (AvgIpc) is 2.42. The van der Waals surface area contributed by atoms with Crippen LogP contribution >= 0.6 is 28.1 Å². The summed E-state index contributed by atoms with van der Waals surface area (Å²) >= 11 is 8.42. The lowest BCUT2D eigenvalue weighted by atomic mass is 10.0. The van der Waals surface area contributed by atoms with E-state index < -0.39 is 0 Å². The molecule has 1 aliphatic rings. The van der Waals surface area contributed by atoms with E-state index in [2.05, 4.69) is 35.7 Å². The zero-order chi connectivity index (χ0) is 14.9. The number of rotatable bonds is 3. The summed E-state index contributed by atoms with van der Waals surface area (Å²) in [7, 11) is 0. The van der Waals surface area contributed by atoms with E-state index in [0.29, 0.717) is 15.3 Å². The maximum atomic E-state index is 11.6. The van der Waals surface area contributed by atoms with E-state index in [9.17, 15) is 4.79 Å². The topological polar surface area (TPSA) is 78.2 Å². The zero-order valence-electron chi connectivity index (χ0n) is 11.5. The van der Waals surface area contributed by atoms with Crippen LogP contribution in [0.25, 0.3) is 0 Å². The van der Waals surface area contributed by atoms with E-state index in [1.165, 1.54) is 6.33 Å². The molecular formula is C12H18BrN5OS. The number of nitrogens with two attached hydrogens (primary N) is 1. The first-order valence-corrected chi connectivity index (χ1v) is 7.57. The maximum absolute atomic E-state index is 11.6. The molecule has 2 rings (SSSR count). The SMILES string of the molecule is CC(C)(C(N)=S)N1CCN(c2nc[nH]c(=O)c2Br)CC1. The van der Waals surface area contributed by atoms with Crippen LogP contribution < -0.4 is 16.2 Å². The summed E-state index contributed by atoms with van der Waals surface area (Å²) in [5.74, 6) is 0.682. The van der Waals surface area contributed by atoms with Gasteiger partial charge in [-0.05, 0) is 29.8 Å². The molecule has 1 fully saturated rings. The van der Waals surface area contributed by atoms with Crippen molar-refractivity contribution in [3.8, 4) is 0 Å². The molecule has 0 amide bonds. The largest absolute Gasteiger partial charge is 0.392 e. The first-order valence-electron chi connectivity index (χ1n) is 6.37. The summed E-state index contributed by atoms with van der Waals surface area (Å²) in [5, 5.41) is 0. The molecule has 0 saturated carbocycles. The molecule has 0 aromatic carbocycles. The van der Waals surface area contributed by atoms with Crippen LogP contribution in [0.2, 0.25) is 0 Å². The average molecular weight is 360 g/mol. The predicted octanol–water partition coefficient (Wildman–Crippen LogP) is 0.719. The maximum Gasteiger partial charge on any atom is 0.267 e. The van der Waals surface area contributed by atoms with Crippen molar-refractivity contribution in [1.29, 1.82) is 0 Å². The van der Waals surface area contributed by atoms with Gasteiger partial charge >= 0.3 is 0 Å². The van der Waals surface area contributed by atoms with Gasteiger partial charge < -0.3 is 15.6 Å². The van der Waals surface area contributed by atoms with Gasteiger partial charge in [-0.25, -0.2) is 4.98 Å². The highest BCUT2D eigenvalue weighted by molar-refractivity contribution is 9.10. The van der Waals surface area contributed by atoms with Gasteiger partial charge in [0, 0.05) is 26.2 Å². The molecule has 8 heteroatoms. The Kier molecular flexibility index (Phi) is 4.46. The van der Waals surface area contributed by atoms with Crippen molar-refractivity contribution in [3.05, 3.63) is 21.2 Å². The summed E-state index contributed by atoms with van der Waals surface area (Å²) < 4.78 is 0.474. The van der Waals surface area contributed by atoms with Crippen molar-refractivity contribution < 1.29 is 0 Å². The predicted molar refractivity (Wildman–Crippen MR) is 87.2 cm³/mol. The molecule has 0 spiro atoms. The Morgan fingerprint density at radius 1 is 1.45 bits per heavy atom. The van der Waals surface area contributed by atoms with Crippen LogP contribution in [0.3, 0.4) is 0 Å². The molecule has 6 nitrogen and oxygen atoms in total. The van der Waals surface area contributed by atoms with Gasteiger partial charge in [0.1, 0.15) is 10.3 Å². The molecule has 0 bridgehead atoms. The van der Waals surface area contributed by atoms with E-state index in [0.717, 1.165) is 26.2 Å². The fourth-order valence-corrected chi connectivity index (χ4v) is 2.82. The first kappa shape index (κ1) is 15.4. The number of nitrogens with zero attached hydrogens (tertiary/aromatic N) is 3. The van der Waals surface area contributed by atoms with Crippen LogP contribution in [0.4, 0.5) is 5.82 Å². The minimum atomic E-state index is -0.291. The van der Waals surface area contributed by atoms with E-state index in [1.54, 1.807) is 0 Å². The summed E-state index contributed by atoms with van der Waals surface area (Å²) in [5.41, 5.74) is 5.34. The molecule has 3 N–H and O–H groups in total. The number of nitrogens with one attached hydrogen (secondary N) is 1. The molecular weight excluding hydrogens is 342 g/mol. The lowest BCUT2D eigenvalue weighted by molar-refractivity contribution is 0.168. The highest BCUT2D eigenvalue weighted by atomic mass is 79.9. The number of hydrogen-bond acceptors (Lipinski definition) is 5. The Bertz CT molecular complexity index is 565. The lowest BCUT2D eigenvalue weighted by Crippen LogP contribution is -2.59. The molecule has 110 valence electrons. The highest BCUT2D eigenvalue weighted by Crippen LogP contribution is 2.23. The Hall–Kier alpha value is -0.990. The third-order valence-electron chi connectivity index (χ3n) is 3.75. The molecule has 0 unspecified atom stereocenters. The van der Waals surface area contributed by atoms with Crippen LogP contribution in [-0.2, 0) is 0 Å². The number of anilines is 1. The number of aromatic amines is 1. The molecule has 1 saturated heterocycles. The van der Waals surface area contributed by atoms with Crippen LogP contribution in [0.15, 0.2) is 15.6 Å². The van der Waals surface area contributed by atoms with Gasteiger partial charge in [-0.15, -0.1) is 0 Å². The summed E-state index contributed by atoms with van der Waals surface area (Å²) in [4.78, 5) is 23.2. The quantitative estimate of drug-likeness (QED) is 0.774. The molecule has 20 heavy (non-hydrogen) atoms. The molecule has 0 aliphatic carbocycles. The minimum Gasteiger partial charge on any atom is -0.392 e. The summed E-state index contributed by atoms with van der Waals surface area (Å²) in [6, 6.07) is 0. The van der Waals surface area contributed by atoms with Gasteiger partial charge in [-0.3, -0.25) is 9.69 Å². The van der Waals surface area contributed by atoms with Crippen molar-refractivity contribution in [2.75, 3.05) is 31.1 Å². The van der Waals surface area contributed by atoms with Crippen LogP contribution in [0, 0.1) is 0 Å². The Labute approximate surface area is 131 Å². The molecule has 2 heterocycles. The van der Waals surface area contributed by atoms with E-state index in [1.807, 2.05) is 13.8 Å². The second-order valence-corrected chi connectivity index (χ2v) is 6.50. The smallest absolute Gasteiger partial charge is 0.267 e. The van der Waals surface area contributed by atoms with Crippen LogP contribution in [0.5, 0.6) is 0 Å². The fraction of sp³-hybridized carbons (Fsp3) is 0.583. The van der Waals surface area contributed by atoms with E-state index in [-0.39, 0.29) is 11.1 Å². The number of thiocarbonyl (C=S) groups is 1. The van der Waals surface area contributed by atoms with Crippen molar-refractivity contribution >= 4 is 39.0 Å². The lowest BCUT2D eigenvalue weighted by Gasteiger charge is -2.43.